The molecule has 17 heavy (non-hydrogen) atoms. The molecule has 6 heteroatoms. The maximum absolute atomic E-state index is 11.7. The number of amides is 2. The van der Waals surface area contributed by atoms with E-state index in [0.29, 0.717) is 5.02 Å². The van der Waals surface area contributed by atoms with E-state index in [1.807, 2.05) is 0 Å². The highest BCUT2D eigenvalue weighted by molar-refractivity contribution is 6.30. The summed E-state index contributed by atoms with van der Waals surface area (Å²) in [5, 5.41) is 12.4. The molecule has 0 aliphatic rings. The molecule has 1 aromatic carbocycles. The number of rotatable bonds is 4. The molecule has 0 heterocycles. The first-order chi connectivity index (χ1) is 7.90. The summed E-state index contributed by atoms with van der Waals surface area (Å²) in [5.41, 5.74) is 5.10. The molecule has 2 amide bonds. The SMILES string of the molecule is CC(CC(N)=O)NC(=O)c1ccc(Cl)cc1O. The van der Waals surface area contributed by atoms with Crippen LogP contribution < -0.4 is 11.1 Å². The third kappa shape index (κ3) is 3.96. The van der Waals surface area contributed by atoms with Crippen molar-refractivity contribution in [2.45, 2.75) is 19.4 Å². The molecule has 0 radical (unpaired) electrons. The number of carbonyl (C=O) groups is 2. The molecular weight excluding hydrogens is 244 g/mol. The maximum atomic E-state index is 11.7. The summed E-state index contributed by atoms with van der Waals surface area (Å²) >= 11 is 5.64. The number of primary amides is 1. The summed E-state index contributed by atoms with van der Waals surface area (Å²) in [6, 6.07) is 3.78. The van der Waals surface area contributed by atoms with Crippen molar-refractivity contribution in [3.8, 4) is 5.75 Å². The lowest BCUT2D eigenvalue weighted by atomic mass is 10.1. The Labute approximate surface area is 104 Å². The molecule has 0 bridgehead atoms. The van der Waals surface area contributed by atoms with Crippen molar-refractivity contribution in [2.24, 2.45) is 5.73 Å². The molecular formula is C11H13ClN2O3. The number of aromatic hydroxyl groups is 1. The second-order valence-electron chi connectivity index (χ2n) is 3.71. The van der Waals surface area contributed by atoms with Crippen LogP contribution in [0.4, 0.5) is 0 Å². The van der Waals surface area contributed by atoms with Crippen LogP contribution in [0.25, 0.3) is 0 Å². The second-order valence-corrected chi connectivity index (χ2v) is 4.14. The van der Waals surface area contributed by atoms with Crippen LogP contribution >= 0.6 is 11.6 Å². The number of hydrogen-bond acceptors (Lipinski definition) is 3. The zero-order chi connectivity index (χ0) is 13.0. The van der Waals surface area contributed by atoms with E-state index < -0.39 is 17.9 Å². The Bertz CT molecular complexity index is 448. The molecule has 0 saturated heterocycles. The van der Waals surface area contributed by atoms with Crippen molar-refractivity contribution >= 4 is 23.4 Å². The number of phenols is 1. The van der Waals surface area contributed by atoms with Crippen molar-refractivity contribution in [1.82, 2.24) is 5.32 Å². The average molecular weight is 257 g/mol. The van der Waals surface area contributed by atoms with Gasteiger partial charge in [0.15, 0.2) is 0 Å². The van der Waals surface area contributed by atoms with Crippen LogP contribution in [-0.4, -0.2) is 23.0 Å². The Morgan fingerprint density at radius 3 is 2.71 bits per heavy atom. The lowest BCUT2D eigenvalue weighted by molar-refractivity contribution is -0.118. The second kappa shape index (κ2) is 5.54. The predicted molar refractivity (Wildman–Crippen MR) is 63.9 cm³/mol. The van der Waals surface area contributed by atoms with Gasteiger partial charge in [-0.1, -0.05) is 11.6 Å². The smallest absolute Gasteiger partial charge is 0.255 e. The summed E-state index contributed by atoms with van der Waals surface area (Å²) in [5.74, 6) is -1.19. The molecule has 0 aliphatic carbocycles. The molecule has 1 aromatic rings. The number of benzene rings is 1. The number of hydrogen-bond donors (Lipinski definition) is 3. The monoisotopic (exact) mass is 256 g/mol. The van der Waals surface area contributed by atoms with Gasteiger partial charge in [0.05, 0.1) is 5.56 Å². The summed E-state index contributed by atoms with van der Waals surface area (Å²) < 4.78 is 0. The normalized spacial score (nSPS) is 11.9. The van der Waals surface area contributed by atoms with Crippen LogP contribution in [0.15, 0.2) is 18.2 Å². The summed E-state index contributed by atoms with van der Waals surface area (Å²) in [6.45, 7) is 1.65. The fourth-order valence-corrected chi connectivity index (χ4v) is 1.52. The first kappa shape index (κ1) is 13.3. The van der Waals surface area contributed by atoms with E-state index in [2.05, 4.69) is 5.32 Å². The molecule has 0 spiro atoms. The van der Waals surface area contributed by atoms with Crippen LogP contribution in [0.2, 0.25) is 5.02 Å². The zero-order valence-corrected chi connectivity index (χ0v) is 9.99. The van der Waals surface area contributed by atoms with Gasteiger partial charge >= 0.3 is 0 Å². The maximum Gasteiger partial charge on any atom is 0.255 e. The van der Waals surface area contributed by atoms with Gasteiger partial charge in [0, 0.05) is 17.5 Å². The van der Waals surface area contributed by atoms with Gasteiger partial charge in [0.2, 0.25) is 5.91 Å². The summed E-state index contributed by atoms with van der Waals surface area (Å²) in [4.78, 5) is 22.3. The number of nitrogens with two attached hydrogens (primary N) is 1. The van der Waals surface area contributed by atoms with Gasteiger partial charge in [0.25, 0.3) is 5.91 Å². The average Bonchev–Trinajstić information content (AvgIpc) is 2.15. The van der Waals surface area contributed by atoms with Crippen LogP contribution in [0.1, 0.15) is 23.7 Å². The van der Waals surface area contributed by atoms with Gasteiger partial charge in [-0.25, -0.2) is 0 Å². The Morgan fingerprint density at radius 2 is 2.18 bits per heavy atom. The van der Waals surface area contributed by atoms with Crippen molar-refractivity contribution in [2.75, 3.05) is 0 Å². The van der Waals surface area contributed by atoms with Crippen molar-refractivity contribution in [3.63, 3.8) is 0 Å². The third-order valence-corrected chi connectivity index (χ3v) is 2.32. The van der Waals surface area contributed by atoms with Gasteiger partial charge in [0.1, 0.15) is 5.75 Å². The van der Waals surface area contributed by atoms with E-state index in [0.717, 1.165) is 0 Å². The van der Waals surface area contributed by atoms with Crippen molar-refractivity contribution in [3.05, 3.63) is 28.8 Å². The van der Waals surface area contributed by atoms with E-state index in [1.165, 1.54) is 18.2 Å². The first-order valence-electron chi connectivity index (χ1n) is 4.98. The Kier molecular flexibility index (Phi) is 4.34. The number of carbonyl (C=O) groups excluding carboxylic acids is 2. The molecule has 1 unspecified atom stereocenters. The fraction of sp³-hybridized carbons (Fsp3) is 0.273. The number of nitrogens with one attached hydrogen (secondary N) is 1. The highest BCUT2D eigenvalue weighted by Gasteiger charge is 2.14. The Hall–Kier alpha value is -1.75. The molecule has 92 valence electrons. The quantitative estimate of drug-likeness (QED) is 0.751. The standard InChI is InChI=1S/C11H13ClN2O3/c1-6(4-10(13)16)14-11(17)8-3-2-7(12)5-9(8)15/h2-3,5-6,15H,4H2,1H3,(H2,13,16)(H,14,17). The van der Waals surface area contributed by atoms with Gasteiger partial charge in [-0.05, 0) is 25.1 Å². The van der Waals surface area contributed by atoms with Crippen LogP contribution in [0, 0.1) is 0 Å². The van der Waals surface area contributed by atoms with Crippen LogP contribution in [0.3, 0.4) is 0 Å². The first-order valence-corrected chi connectivity index (χ1v) is 5.35. The van der Waals surface area contributed by atoms with E-state index in [4.69, 9.17) is 17.3 Å². The van der Waals surface area contributed by atoms with E-state index in [9.17, 15) is 14.7 Å². The molecule has 0 aromatic heterocycles. The predicted octanol–water partition coefficient (Wildman–Crippen LogP) is 1.04. The van der Waals surface area contributed by atoms with Gasteiger partial charge in [-0.3, -0.25) is 9.59 Å². The fourth-order valence-electron chi connectivity index (χ4n) is 1.35. The van der Waals surface area contributed by atoms with E-state index in [-0.39, 0.29) is 17.7 Å². The largest absolute Gasteiger partial charge is 0.507 e. The minimum atomic E-state index is -0.502. The van der Waals surface area contributed by atoms with E-state index >= 15 is 0 Å². The number of halogens is 1. The molecule has 5 nitrogen and oxygen atoms in total. The minimum absolute atomic E-state index is 0.0418. The minimum Gasteiger partial charge on any atom is -0.507 e. The van der Waals surface area contributed by atoms with Crippen molar-refractivity contribution in [1.29, 1.82) is 0 Å². The topological polar surface area (TPSA) is 92.4 Å². The molecule has 1 rings (SSSR count). The number of phenolic OH excluding ortho intramolecular Hbond substituents is 1. The summed E-state index contributed by atoms with van der Waals surface area (Å²) in [6.07, 6.45) is 0.0418. The van der Waals surface area contributed by atoms with Crippen LogP contribution in [0.5, 0.6) is 5.75 Å². The lowest BCUT2D eigenvalue weighted by Gasteiger charge is -2.12. The lowest BCUT2D eigenvalue weighted by Crippen LogP contribution is -2.35. The van der Waals surface area contributed by atoms with Crippen molar-refractivity contribution < 1.29 is 14.7 Å². The van der Waals surface area contributed by atoms with E-state index in [1.54, 1.807) is 6.92 Å². The Balaban J connectivity index is 2.73. The highest BCUT2D eigenvalue weighted by Crippen LogP contribution is 2.21. The summed E-state index contributed by atoms with van der Waals surface area (Å²) in [7, 11) is 0. The van der Waals surface area contributed by atoms with Gasteiger partial charge in [-0.15, -0.1) is 0 Å². The molecule has 0 saturated carbocycles. The zero-order valence-electron chi connectivity index (χ0n) is 9.24. The third-order valence-electron chi connectivity index (χ3n) is 2.09. The van der Waals surface area contributed by atoms with Gasteiger partial charge in [-0.2, -0.15) is 0 Å². The molecule has 0 fully saturated rings. The van der Waals surface area contributed by atoms with Crippen LogP contribution in [-0.2, 0) is 4.79 Å². The Morgan fingerprint density at radius 1 is 1.53 bits per heavy atom. The molecule has 0 aliphatic heterocycles. The molecule has 1 atom stereocenters. The van der Waals surface area contributed by atoms with Gasteiger partial charge < -0.3 is 16.2 Å². The highest BCUT2D eigenvalue weighted by atomic mass is 35.5. The molecule has 4 N–H and O–H groups in total.